The number of carbonyl (C=O) groups excluding carboxylic acids is 3. The van der Waals surface area contributed by atoms with E-state index in [1.165, 1.54) is 29.2 Å². The lowest BCUT2D eigenvalue weighted by Crippen LogP contribution is -2.39. The highest BCUT2D eigenvalue weighted by Gasteiger charge is 2.44. The van der Waals surface area contributed by atoms with Gasteiger partial charge in [-0.2, -0.15) is 0 Å². The van der Waals surface area contributed by atoms with E-state index in [1.807, 2.05) is 19.1 Å². The van der Waals surface area contributed by atoms with E-state index in [0.717, 1.165) is 16.9 Å². The molecule has 2 aromatic carbocycles. The summed E-state index contributed by atoms with van der Waals surface area (Å²) in [5, 5.41) is 2.75. The molecule has 3 rings (SSSR count). The van der Waals surface area contributed by atoms with Crippen molar-refractivity contribution >= 4 is 29.2 Å². The lowest BCUT2D eigenvalue weighted by molar-refractivity contribution is -0.130. The van der Waals surface area contributed by atoms with E-state index in [0.29, 0.717) is 11.4 Å². The van der Waals surface area contributed by atoms with Crippen molar-refractivity contribution in [1.29, 1.82) is 0 Å². The molecule has 1 fully saturated rings. The Kier molecular flexibility index (Phi) is 5.21. The van der Waals surface area contributed by atoms with Crippen molar-refractivity contribution in [3.8, 4) is 0 Å². The number of imide groups is 1. The van der Waals surface area contributed by atoms with Gasteiger partial charge in [0.15, 0.2) is 0 Å². The van der Waals surface area contributed by atoms with Crippen LogP contribution in [-0.4, -0.2) is 35.3 Å². The van der Waals surface area contributed by atoms with Gasteiger partial charge in [0.25, 0.3) is 5.91 Å². The summed E-state index contributed by atoms with van der Waals surface area (Å²) < 4.78 is 13.1. The number of aryl methyl sites for hydroxylation is 1. The number of amides is 4. The molecule has 2 aromatic rings. The van der Waals surface area contributed by atoms with E-state index in [4.69, 9.17) is 0 Å². The Hall–Kier alpha value is -3.22. The molecule has 0 aliphatic carbocycles. The summed E-state index contributed by atoms with van der Waals surface area (Å²) >= 11 is 0. The van der Waals surface area contributed by atoms with Crippen molar-refractivity contribution in [2.24, 2.45) is 0 Å². The van der Waals surface area contributed by atoms with Crippen molar-refractivity contribution in [3.63, 3.8) is 0 Å². The van der Waals surface area contributed by atoms with Crippen LogP contribution in [0.5, 0.6) is 0 Å². The number of benzene rings is 2. The van der Waals surface area contributed by atoms with E-state index in [2.05, 4.69) is 5.32 Å². The van der Waals surface area contributed by atoms with Gasteiger partial charge in [0.05, 0.1) is 0 Å². The first kappa shape index (κ1) is 18.6. The fourth-order valence-corrected chi connectivity index (χ4v) is 3.09. The number of hydrogen-bond acceptors (Lipinski definition) is 3. The average Bonchev–Trinajstić information content (AvgIpc) is 2.86. The van der Waals surface area contributed by atoms with Gasteiger partial charge in [0, 0.05) is 11.4 Å². The van der Waals surface area contributed by atoms with Crippen LogP contribution >= 0.6 is 0 Å². The third-order valence-electron chi connectivity index (χ3n) is 4.53. The van der Waals surface area contributed by atoms with Crippen LogP contribution in [0.4, 0.5) is 20.6 Å². The molecule has 1 aliphatic rings. The van der Waals surface area contributed by atoms with Gasteiger partial charge in [0.2, 0.25) is 5.91 Å². The summed E-state index contributed by atoms with van der Waals surface area (Å²) in [7, 11) is 0. The van der Waals surface area contributed by atoms with Gasteiger partial charge in [-0.05, 0) is 49.2 Å². The second-order valence-corrected chi connectivity index (χ2v) is 6.29. The number of para-hydroxylation sites is 1. The maximum Gasteiger partial charge on any atom is 0.332 e. The smallest absolute Gasteiger partial charge is 0.324 e. The minimum atomic E-state index is -0.765. The summed E-state index contributed by atoms with van der Waals surface area (Å²) in [5.41, 5.74) is 2.03. The Morgan fingerprint density at radius 3 is 2.44 bits per heavy atom. The lowest BCUT2D eigenvalue weighted by Gasteiger charge is -2.19. The first-order chi connectivity index (χ1) is 12.9. The third-order valence-corrected chi connectivity index (χ3v) is 4.53. The predicted octanol–water partition coefficient (Wildman–Crippen LogP) is 3.18. The highest BCUT2D eigenvalue weighted by atomic mass is 19.1. The van der Waals surface area contributed by atoms with Crippen LogP contribution in [0.25, 0.3) is 0 Å². The summed E-state index contributed by atoms with van der Waals surface area (Å²) in [6.45, 7) is 3.17. The number of rotatable bonds is 5. The van der Waals surface area contributed by atoms with Crippen molar-refractivity contribution in [2.45, 2.75) is 26.3 Å². The van der Waals surface area contributed by atoms with Crippen LogP contribution in [0.1, 0.15) is 19.4 Å². The summed E-state index contributed by atoms with van der Waals surface area (Å²) in [4.78, 5) is 39.7. The molecular weight excluding hydrogens is 349 g/mol. The quantitative estimate of drug-likeness (QED) is 0.823. The van der Waals surface area contributed by atoms with Crippen LogP contribution in [0.15, 0.2) is 48.5 Å². The van der Waals surface area contributed by atoms with E-state index >= 15 is 0 Å². The van der Waals surface area contributed by atoms with E-state index in [-0.39, 0.29) is 6.54 Å². The molecular formula is C20H20FN3O3. The number of urea groups is 1. The fourth-order valence-electron chi connectivity index (χ4n) is 3.09. The third kappa shape index (κ3) is 3.67. The minimum Gasteiger partial charge on any atom is -0.324 e. The van der Waals surface area contributed by atoms with Gasteiger partial charge in [-0.3, -0.25) is 19.4 Å². The molecule has 6 nitrogen and oxygen atoms in total. The molecule has 0 aromatic heterocycles. The summed E-state index contributed by atoms with van der Waals surface area (Å²) in [5.74, 6) is -1.36. The van der Waals surface area contributed by atoms with Crippen molar-refractivity contribution in [3.05, 3.63) is 59.9 Å². The monoisotopic (exact) mass is 369 g/mol. The molecule has 0 radical (unpaired) electrons. The zero-order chi connectivity index (χ0) is 19.6. The molecule has 1 atom stereocenters. The Bertz CT molecular complexity index is 882. The first-order valence-corrected chi connectivity index (χ1v) is 8.70. The molecule has 1 N–H and O–H groups in total. The number of nitrogens with zero attached hydrogens (tertiary/aromatic N) is 2. The normalized spacial score (nSPS) is 16.8. The Balaban J connectivity index is 1.75. The topological polar surface area (TPSA) is 69.7 Å². The molecule has 7 heteroatoms. The van der Waals surface area contributed by atoms with Gasteiger partial charge in [-0.25, -0.2) is 9.18 Å². The molecule has 1 heterocycles. The zero-order valence-corrected chi connectivity index (χ0v) is 15.1. The number of halogens is 1. The van der Waals surface area contributed by atoms with Gasteiger partial charge < -0.3 is 5.32 Å². The van der Waals surface area contributed by atoms with Crippen molar-refractivity contribution in [1.82, 2.24) is 4.90 Å². The standard InChI is InChI=1S/C20H20FN3O3/c1-3-14-6-4-5-7-17(14)22-18(25)12-23-19(26)13(2)24(20(23)27)16-10-8-15(21)9-11-16/h4-11,13H,3,12H2,1-2H3,(H,22,25)/t13-/m1/s1. The van der Waals surface area contributed by atoms with Crippen LogP contribution in [0.3, 0.4) is 0 Å². The molecule has 27 heavy (non-hydrogen) atoms. The molecule has 0 saturated carbocycles. The first-order valence-electron chi connectivity index (χ1n) is 8.70. The van der Waals surface area contributed by atoms with Gasteiger partial charge in [-0.15, -0.1) is 0 Å². The second kappa shape index (κ2) is 7.57. The van der Waals surface area contributed by atoms with Crippen LogP contribution in [0, 0.1) is 5.82 Å². The molecule has 1 saturated heterocycles. The van der Waals surface area contributed by atoms with E-state index < -0.39 is 29.7 Å². The lowest BCUT2D eigenvalue weighted by atomic mass is 10.1. The molecule has 140 valence electrons. The SMILES string of the molecule is CCc1ccccc1NC(=O)CN1C(=O)[C@@H](C)N(c2ccc(F)cc2)C1=O. The second-order valence-electron chi connectivity index (χ2n) is 6.29. The maximum absolute atomic E-state index is 13.1. The van der Waals surface area contributed by atoms with Gasteiger partial charge >= 0.3 is 6.03 Å². The van der Waals surface area contributed by atoms with E-state index in [9.17, 15) is 18.8 Å². The summed E-state index contributed by atoms with van der Waals surface area (Å²) in [6.07, 6.45) is 0.743. The van der Waals surface area contributed by atoms with Crippen molar-refractivity contribution in [2.75, 3.05) is 16.8 Å². The van der Waals surface area contributed by atoms with Crippen molar-refractivity contribution < 1.29 is 18.8 Å². The van der Waals surface area contributed by atoms with Gasteiger partial charge in [0.1, 0.15) is 18.4 Å². The highest BCUT2D eigenvalue weighted by molar-refractivity contribution is 6.16. The molecule has 0 unspecified atom stereocenters. The zero-order valence-electron chi connectivity index (χ0n) is 15.1. The predicted molar refractivity (Wildman–Crippen MR) is 99.9 cm³/mol. The van der Waals surface area contributed by atoms with Crippen LogP contribution < -0.4 is 10.2 Å². The Morgan fingerprint density at radius 1 is 1.11 bits per heavy atom. The summed E-state index contributed by atoms with van der Waals surface area (Å²) in [6, 6.07) is 11.3. The molecule has 4 amide bonds. The number of carbonyl (C=O) groups is 3. The van der Waals surface area contributed by atoms with Crippen LogP contribution in [0.2, 0.25) is 0 Å². The Labute approximate surface area is 156 Å². The van der Waals surface area contributed by atoms with Crippen LogP contribution in [-0.2, 0) is 16.0 Å². The molecule has 0 spiro atoms. The number of nitrogens with one attached hydrogen (secondary N) is 1. The number of hydrogen-bond donors (Lipinski definition) is 1. The average molecular weight is 369 g/mol. The maximum atomic E-state index is 13.1. The minimum absolute atomic E-state index is 0.377. The molecule has 0 bridgehead atoms. The fraction of sp³-hybridized carbons (Fsp3) is 0.250. The largest absolute Gasteiger partial charge is 0.332 e. The Morgan fingerprint density at radius 2 is 1.78 bits per heavy atom. The number of anilines is 2. The molecule has 1 aliphatic heterocycles. The van der Waals surface area contributed by atoms with E-state index in [1.54, 1.807) is 19.1 Å². The van der Waals surface area contributed by atoms with Gasteiger partial charge in [-0.1, -0.05) is 25.1 Å². The highest BCUT2D eigenvalue weighted by Crippen LogP contribution is 2.26.